The molecule has 0 fully saturated rings. The minimum atomic E-state index is -0.287. The summed E-state index contributed by atoms with van der Waals surface area (Å²) in [5.41, 5.74) is 1.06. The number of rotatable bonds is 1. The zero-order valence-electron chi connectivity index (χ0n) is 6.09. The number of aryl methyl sites for hydroxylation is 1. The number of aromatic amines is 1. The van der Waals surface area contributed by atoms with Gasteiger partial charge in [0.15, 0.2) is 0 Å². The van der Waals surface area contributed by atoms with Crippen LogP contribution in [0.2, 0.25) is 0 Å². The maximum absolute atomic E-state index is 5.70. The van der Waals surface area contributed by atoms with Crippen molar-refractivity contribution in [1.82, 2.24) is 10.2 Å². The highest BCUT2D eigenvalue weighted by atomic mass is 32.2. The molecule has 56 valence electrons. The Labute approximate surface area is 62.7 Å². The van der Waals surface area contributed by atoms with Crippen LogP contribution in [0, 0.1) is 6.92 Å². The lowest BCUT2D eigenvalue weighted by atomic mass is 10.5. The highest BCUT2D eigenvalue weighted by Gasteiger charge is 1.96. The number of H-pyrrole nitrogens is 1. The summed E-state index contributed by atoms with van der Waals surface area (Å²) in [7, 11) is -0.287. The summed E-state index contributed by atoms with van der Waals surface area (Å²) in [4.78, 5) is 0. The minimum Gasteiger partial charge on any atom is -0.282 e. The standard InChI is InChI=1S/C6H11N3S/c1-3-10(7)6-4-5(2)8-9-6/h3-4H,7H2,1-2H3,(H,8,9). The maximum Gasteiger partial charge on any atom is 0.126 e. The SMILES string of the molecule is C/C=S(/N)c1cc(C)[nH]n1. The fourth-order valence-corrected chi connectivity index (χ4v) is 1.34. The molecular weight excluding hydrogens is 146 g/mol. The first kappa shape index (κ1) is 7.50. The van der Waals surface area contributed by atoms with E-state index in [1.54, 1.807) is 0 Å². The van der Waals surface area contributed by atoms with E-state index in [1.165, 1.54) is 0 Å². The van der Waals surface area contributed by atoms with Gasteiger partial charge in [0.05, 0.1) is 0 Å². The molecule has 3 N–H and O–H groups in total. The molecule has 0 aliphatic heterocycles. The van der Waals surface area contributed by atoms with E-state index in [0.29, 0.717) is 0 Å². The van der Waals surface area contributed by atoms with Crippen LogP contribution in [-0.4, -0.2) is 15.6 Å². The summed E-state index contributed by atoms with van der Waals surface area (Å²) in [6.45, 7) is 3.90. The number of nitrogens with two attached hydrogens (primary N) is 1. The molecule has 0 aromatic carbocycles. The Balaban J connectivity index is 2.95. The van der Waals surface area contributed by atoms with Crippen LogP contribution >= 0.6 is 10.7 Å². The van der Waals surface area contributed by atoms with Crippen molar-refractivity contribution in [2.75, 3.05) is 0 Å². The van der Waals surface area contributed by atoms with E-state index in [1.807, 2.05) is 25.3 Å². The molecule has 0 aliphatic rings. The zero-order valence-corrected chi connectivity index (χ0v) is 6.90. The van der Waals surface area contributed by atoms with Crippen LogP contribution in [0.25, 0.3) is 0 Å². The fraction of sp³-hybridized carbons (Fsp3) is 0.333. The topological polar surface area (TPSA) is 54.7 Å². The first-order valence-electron chi connectivity index (χ1n) is 3.03. The van der Waals surface area contributed by atoms with Crippen LogP contribution in [0.5, 0.6) is 0 Å². The average molecular weight is 157 g/mol. The number of aromatic nitrogens is 2. The molecule has 1 aromatic rings. The van der Waals surface area contributed by atoms with Gasteiger partial charge in [0.2, 0.25) is 0 Å². The van der Waals surface area contributed by atoms with Crippen molar-refractivity contribution in [1.29, 1.82) is 0 Å². The van der Waals surface area contributed by atoms with Crippen LogP contribution in [0.3, 0.4) is 0 Å². The molecule has 0 radical (unpaired) electrons. The first-order chi connectivity index (χ1) is 4.74. The lowest BCUT2D eigenvalue weighted by molar-refractivity contribution is 0.982. The minimum absolute atomic E-state index is 0.287. The molecule has 3 nitrogen and oxygen atoms in total. The number of hydrogen-bond acceptors (Lipinski definition) is 2. The molecule has 10 heavy (non-hydrogen) atoms. The zero-order chi connectivity index (χ0) is 7.56. The smallest absolute Gasteiger partial charge is 0.126 e. The van der Waals surface area contributed by atoms with E-state index < -0.39 is 0 Å². The van der Waals surface area contributed by atoms with Crippen molar-refractivity contribution in [2.24, 2.45) is 5.14 Å². The molecule has 1 aromatic heterocycles. The summed E-state index contributed by atoms with van der Waals surface area (Å²) >= 11 is 0. The normalized spacial score (nSPS) is 13.9. The van der Waals surface area contributed by atoms with Gasteiger partial charge in [-0.3, -0.25) is 10.2 Å². The Morgan fingerprint density at radius 3 is 2.90 bits per heavy atom. The quantitative estimate of drug-likeness (QED) is 0.598. The molecule has 0 saturated heterocycles. The summed E-state index contributed by atoms with van der Waals surface area (Å²) in [6, 6.07) is 1.96. The van der Waals surface area contributed by atoms with Crippen LogP contribution in [-0.2, 0) is 0 Å². The first-order valence-corrected chi connectivity index (χ1v) is 4.38. The highest BCUT2D eigenvalue weighted by molar-refractivity contribution is 8.12. The van der Waals surface area contributed by atoms with Crippen molar-refractivity contribution in [3.05, 3.63) is 11.8 Å². The monoisotopic (exact) mass is 157 g/mol. The number of nitrogens with one attached hydrogen (secondary N) is 1. The van der Waals surface area contributed by atoms with E-state index in [0.717, 1.165) is 10.7 Å². The summed E-state index contributed by atoms with van der Waals surface area (Å²) in [6.07, 6.45) is 0. The largest absolute Gasteiger partial charge is 0.282 e. The summed E-state index contributed by atoms with van der Waals surface area (Å²) in [5.74, 6) is 0. The van der Waals surface area contributed by atoms with E-state index in [4.69, 9.17) is 5.14 Å². The molecule has 1 unspecified atom stereocenters. The van der Waals surface area contributed by atoms with Crippen LogP contribution < -0.4 is 5.14 Å². The van der Waals surface area contributed by atoms with Crippen molar-refractivity contribution in [3.63, 3.8) is 0 Å². The van der Waals surface area contributed by atoms with E-state index in [-0.39, 0.29) is 10.7 Å². The number of hydrogen-bond donors (Lipinski definition) is 2. The summed E-state index contributed by atoms with van der Waals surface area (Å²) in [5, 5.41) is 15.4. The van der Waals surface area contributed by atoms with Gasteiger partial charge < -0.3 is 0 Å². The third-order valence-corrected chi connectivity index (χ3v) is 2.38. The van der Waals surface area contributed by atoms with Crippen LogP contribution in [0.1, 0.15) is 12.6 Å². The molecule has 0 saturated carbocycles. The third kappa shape index (κ3) is 1.46. The third-order valence-electron chi connectivity index (χ3n) is 1.18. The van der Waals surface area contributed by atoms with Crippen molar-refractivity contribution >= 4 is 16.0 Å². The molecule has 0 aliphatic carbocycles. The molecule has 0 amide bonds. The Kier molecular flexibility index (Phi) is 2.24. The van der Waals surface area contributed by atoms with Crippen molar-refractivity contribution in [3.8, 4) is 0 Å². The Bertz CT molecular complexity index is 251. The summed E-state index contributed by atoms with van der Waals surface area (Å²) < 4.78 is 0. The van der Waals surface area contributed by atoms with Gasteiger partial charge in [-0.1, -0.05) is 10.7 Å². The second kappa shape index (κ2) is 2.98. The van der Waals surface area contributed by atoms with Crippen LogP contribution in [0.4, 0.5) is 0 Å². The highest BCUT2D eigenvalue weighted by Crippen LogP contribution is 2.14. The predicted molar refractivity (Wildman–Crippen MR) is 45.1 cm³/mol. The predicted octanol–water partition coefficient (Wildman–Crippen LogP) is 1.04. The molecule has 0 bridgehead atoms. The molecular formula is C6H11N3S. The van der Waals surface area contributed by atoms with Crippen molar-refractivity contribution < 1.29 is 0 Å². The van der Waals surface area contributed by atoms with Gasteiger partial charge >= 0.3 is 0 Å². The van der Waals surface area contributed by atoms with Gasteiger partial charge in [-0.25, -0.2) is 0 Å². The van der Waals surface area contributed by atoms with E-state index >= 15 is 0 Å². The number of nitrogens with zero attached hydrogens (tertiary/aromatic N) is 1. The fourth-order valence-electron chi connectivity index (χ4n) is 0.635. The van der Waals surface area contributed by atoms with Gasteiger partial charge in [0, 0.05) is 5.69 Å². The average Bonchev–Trinajstić information content (AvgIpc) is 2.34. The van der Waals surface area contributed by atoms with Gasteiger partial charge in [-0.2, -0.15) is 5.10 Å². The molecule has 4 heteroatoms. The van der Waals surface area contributed by atoms with Gasteiger partial charge in [0.1, 0.15) is 5.03 Å². The lowest BCUT2D eigenvalue weighted by Crippen LogP contribution is -1.87. The van der Waals surface area contributed by atoms with Crippen molar-refractivity contribution in [2.45, 2.75) is 18.9 Å². The Hall–Kier alpha value is -0.610. The Morgan fingerprint density at radius 1 is 1.80 bits per heavy atom. The second-order valence-electron chi connectivity index (χ2n) is 2.00. The van der Waals surface area contributed by atoms with Gasteiger partial charge in [-0.15, -0.1) is 0 Å². The maximum atomic E-state index is 5.70. The van der Waals surface area contributed by atoms with Gasteiger partial charge in [-0.05, 0) is 25.3 Å². The molecule has 1 rings (SSSR count). The molecule has 1 atom stereocenters. The van der Waals surface area contributed by atoms with Gasteiger partial charge in [0.25, 0.3) is 0 Å². The molecule has 1 heterocycles. The Morgan fingerprint density at radius 2 is 2.50 bits per heavy atom. The lowest BCUT2D eigenvalue weighted by Gasteiger charge is -1.91. The van der Waals surface area contributed by atoms with Crippen LogP contribution in [0.15, 0.2) is 11.1 Å². The van der Waals surface area contributed by atoms with E-state index in [9.17, 15) is 0 Å². The van der Waals surface area contributed by atoms with E-state index in [2.05, 4.69) is 10.2 Å². The second-order valence-corrected chi connectivity index (χ2v) is 3.63. The molecule has 0 spiro atoms.